The van der Waals surface area contributed by atoms with Gasteiger partial charge < -0.3 is 9.64 Å². The molecule has 7 heteroatoms. The summed E-state index contributed by atoms with van der Waals surface area (Å²) in [7, 11) is 0. The number of benzene rings is 4. The second-order valence-corrected chi connectivity index (χ2v) is 11.2. The molecule has 2 aliphatic heterocycles. The lowest BCUT2D eigenvalue weighted by Crippen LogP contribution is -2.48. The van der Waals surface area contributed by atoms with Crippen LogP contribution in [0.2, 0.25) is 5.02 Å². The van der Waals surface area contributed by atoms with Crippen LogP contribution >= 0.6 is 11.6 Å². The van der Waals surface area contributed by atoms with Crippen LogP contribution in [0.5, 0.6) is 5.75 Å². The fraction of sp³-hybridized carbons (Fsp3) is 0.143. The number of Topliss-reactive ketones (excluding diaryl/α,β-unsaturated/α-hetero) is 3. The monoisotopic (exact) mass is 573 g/mol. The molecule has 0 unspecified atom stereocenters. The van der Waals surface area contributed by atoms with Gasteiger partial charge in [0.15, 0.2) is 17.3 Å². The van der Waals surface area contributed by atoms with E-state index in [1.165, 1.54) is 6.92 Å². The summed E-state index contributed by atoms with van der Waals surface area (Å²) in [6.45, 7) is 1.31. The second kappa shape index (κ2) is 9.64. The van der Waals surface area contributed by atoms with Crippen LogP contribution in [0, 0.1) is 5.41 Å². The number of rotatable bonds is 4. The molecule has 1 fully saturated rings. The molecule has 4 aromatic rings. The molecular weight excluding hydrogens is 550 g/mol. The smallest absolute Gasteiger partial charge is 0.308 e. The van der Waals surface area contributed by atoms with Crippen molar-refractivity contribution in [3.63, 3.8) is 0 Å². The van der Waals surface area contributed by atoms with Crippen molar-refractivity contribution in [2.75, 3.05) is 4.90 Å². The van der Waals surface area contributed by atoms with E-state index in [1.54, 1.807) is 72.8 Å². The number of fused-ring (bicyclic) bond motifs is 5. The van der Waals surface area contributed by atoms with Gasteiger partial charge in [-0.15, -0.1) is 0 Å². The maximum atomic E-state index is 14.7. The van der Waals surface area contributed by atoms with Gasteiger partial charge in [0, 0.05) is 40.2 Å². The standard InChI is InChI=1S/C35H24ClNO5/c1-20(38)42-25-17-12-23(13-18-25)32(39)31-30(22-10-15-24(36)16-11-22)35(33(40)26-7-3-4-8-27(26)34(35)41)29-19-14-21-6-2-5-9-28(21)37(29)31/h2-19,29-31H,1H3/t29-,30-,31-/m0/s1. The first-order chi connectivity index (χ1) is 20.3. The van der Waals surface area contributed by atoms with E-state index in [2.05, 4.69) is 0 Å². The summed E-state index contributed by atoms with van der Waals surface area (Å²) in [4.78, 5) is 57.4. The van der Waals surface area contributed by atoms with Crippen LogP contribution in [0.15, 0.2) is 103 Å². The molecule has 4 aromatic carbocycles. The molecule has 2 heterocycles. The van der Waals surface area contributed by atoms with Crippen molar-refractivity contribution < 1.29 is 23.9 Å². The SMILES string of the molecule is CC(=O)Oc1ccc(C(=O)[C@@H]2[C@H](c3ccc(Cl)cc3)C3(C(=O)c4ccccc4C3=O)[C@@H]3C=Cc4ccccc4N23)cc1. The Morgan fingerprint density at radius 1 is 0.810 bits per heavy atom. The number of carbonyl (C=O) groups is 4. The van der Waals surface area contributed by atoms with Gasteiger partial charge in [-0.3, -0.25) is 19.2 Å². The topological polar surface area (TPSA) is 80.8 Å². The summed E-state index contributed by atoms with van der Waals surface area (Å²) in [6.07, 6.45) is 3.82. The number of ketones is 3. The Balaban J connectivity index is 1.48. The van der Waals surface area contributed by atoms with Crippen molar-refractivity contribution in [2.24, 2.45) is 5.41 Å². The third kappa shape index (κ3) is 3.65. The Bertz CT molecular complexity index is 1790. The Hall–Kier alpha value is -4.81. The third-order valence-electron chi connectivity index (χ3n) is 8.61. The van der Waals surface area contributed by atoms with Crippen molar-refractivity contribution in [1.82, 2.24) is 0 Å². The van der Waals surface area contributed by atoms with E-state index in [9.17, 15) is 19.2 Å². The Kier molecular flexibility index (Phi) is 5.99. The number of anilines is 1. The van der Waals surface area contributed by atoms with Crippen molar-refractivity contribution in [3.05, 3.63) is 136 Å². The molecule has 7 rings (SSSR count). The average Bonchev–Trinajstić information content (AvgIpc) is 3.43. The number of esters is 1. The van der Waals surface area contributed by atoms with Crippen LogP contribution in [0.1, 0.15) is 55.0 Å². The zero-order valence-corrected chi connectivity index (χ0v) is 23.2. The highest BCUT2D eigenvalue weighted by molar-refractivity contribution is 6.32. The van der Waals surface area contributed by atoms with E-state index < -0.39 is 29.4 Å². The number of hydrogen-bond acceptors (Lipinski definition) is 6. The Morgan fingerprint density at radius 2 is 1.43 bits per heavy atom. The van der Waals surface area contributed by atoms with Crippen LogP contribution < -0.4 is 9.64 Å². The first-order valence-corrected chi connectivity index (χ1v) is 14.0. The predicted molar refractivity (Wildman–Crippen MR) is 159 cm³/mol. The van der Waals surface area contributed by atoms with Gasteiger partial charge in [-0.1, -0.05) is 78.4 Å². The predicted octanol–water partition coefficient (Wildman–Crippen LogP) is 6.58. The molecule has 0 amide bonds. The maximum absolute atomic E-state index is 14.7. The van der Waals surface area contributed by atoms with E-state index in [0.29, 0.717) is 33.0 Å². The molecule has 3 atom stereocenters. The molecule has 0 saturated carbocycles. The number of halogens is 1. The van der Waals surface area contributed by atoms with E-state index in [-0.39, 0.29) is 17.3 Å². The first kappa shape index (κ1) is 26.1. The minimum Gasteiger partial charge on any atom is -0.427 e. The van der Waals surface area contributed by atoms with E-state index in [1.807, 2.05) is 41.3 Å². The Labute approximate surface area is 247 Å². The zero-order valence-electron chi connectivity index (χ0n) is 22.5. The lowest BCUT2D eigenvalue weighted by Gasteiger charge is -2.37. The van der Waals surface area contributed by atoms with Crippen molar-refractivity contribution in [3.8, 4) is 5.75 Å². The lowest BCUT2D eigenvalue weighted by molar-refractivity contribution is -0.131. The highest BCUT2D eigenvalue weighted by Crippen LogP contribution is 2.61. The summed E-state index contributed by atoms with van der Waals surface area (Å²) < 4.78 is 5.18. The average molecular weight is 574 g/mol. The van der Waals surface area contributed by atoms with Gasteiger partial charge in [0.1, 0.15) is 17.2 Å². The van der Waals surface area contributed by atoms with Crippen LogP contribution in [-0.4, -0.2) is 35.4 Å². The maximum Gasteiger partial charge on any atom is 0.308 e. The highest BCUT2D eigenvalue weighted by atomic mass is 35.5. The van der Waals surface area contributed by atoms with Gasteiger partial charge in [0.2, 0.25) is 0 Å². The quantitative estimate of drug-likeness (QED) is 0.119. The molecule has 0 N–H and O–H groups in total. The van der Waals surface area contributed by atoms with Gasteiger partial charge >= 0.3 is 5.97 Å². The van der Waals surface area contributed by atoms with Crippen LogP contribution in [0.3, 0.4) is 0 Å². The lowest BCUT2D eigenvalue weighted by atomic mass is 9.64. The zero-order chi connectivity index (χ0) is 29.2. The molecule has 1 spiro atoms. The largest absolute Gasteiger partial charge is 0.427 e. The van der Waals surface area contributed by atoms with Crippen LogP contribution in [0.25, 0.3) is 6.08 Å². The minimum atomic E-state index is -1.58. The number of carbonyl (C=O) groups excluding carboxylic acids is 4. The van der Waals surface area contributed by atoms with E-state index >= 15 is 0 Å². The van der Waals surface area contributed by atoms with Gasteiger partial charge in [0.05, 0.1) is 6.04 Å². The summed E-state index contributed by atoms with van der Waals surface area (Å²) in [6, 6.07) is 26.3. The molecule has 42 heavy (non-hydrogen) atoms. The van der Waals surface area contributed by atoms with Crippen molar-refractivity contribution in [2.45, 2.75) is 24.9 Å². The second-order valence-electron chi connectivity index (χ2n) is 10.8. The summed E-state index contributed by atoms with van der Waals surface area (Å²) in [5.74, 6) is -1.81. The van der Waals surface area contributed by atoms with Gasteiger partial charge in [-0.2, -0.15) is 0 Å². The first-order valence-electron chi connectivity index (χ1n) is 13.6. The number of ether oxygens (including phenoxy) is 1. The molecule has 1 aliphatic carbocycles. The number of nitrogens with zero attached hydrogens (tertiary/aromatic N) is 1. The number of para-hydroxylation sites is 1. The molecule has 3 aliphatic rings. The third-order valence-corrected chi connectivity index (χ3v) is 8.86. The van der Waals surface area contributed by atoms with Crippen molar-refractivity contribution in [1.29, 1.82) is 0 Å². The summed E-state index contributed by atoms with van der Waals surface area (Å²) in [5, 5.41) is 0.505. The molecule has 1 saturated heterocycles. The van der Waals surface area contributed by atoms with Crippen LogP contribution in [0.4, 0.5) is 5.69 Å². The van der Waals surface area contributed by atoms with E-state index in [4.69, 9.17) is 16.3 Å². The van der Waals surface area contributed by atoms with Gasteiger partial charge in [-0.25, -0.2) is 0 Å². The molecule has 0 aromatic heterocycles. The van der Waals surface area contributed by atoms with E-state index in [0.717, 1.165) is 11.3 Å². The fourth-order valence-electron chi connectivity index (χ4n) is 6.98. The molecule has 0 bridgehead atoms. The number of hydrogen-bond donors (Lipinski definition) is 0. The molecule has 206 valence electrons. The molecule has 0 radical (unpaired) electrons. The highest BCUT2D eigenvalue weighted by Gasteiger charge is 2.71. The van der Waals surface area contributed by atoms with Crippen molar-refractivity contribution >= 4 is 46.7 Å². The van der Waals surface area contributed by atoms with Gasteiger partial charge in [0.25, 0.3) is 0 Å². The minimum absolute atomic E-state index is 0.257. The van der Waals surface area contributed by atoms with Gasteiger partial charge in [-0.05, 0) is 53.6 Å². The summed E-state index contributed by atoms with van der Waals surface area (Å²) >= 11 is 6.28. The Morgan fingerprint density at radius 3 is 2.07 bits per heavy atom. The molecular formula is C35H24ClNO5. The van der Waals surface area contributed by atoms with Crippen LogP contribution in [-0.2, 0) is 4.79 Å². The normalized spacial score (nSPS) is 21.2. The summed E-state index contributed by atoms with van der Waals surface area (Å²) in [5.41, 5.74) is 1.85. The fourth-order valence-corrected chi connectivity index (χ4v) is 7.11. The molecule has 6 nitrogen and oxygen atoms in total.